The number of piperidine rings is 1. The van der Waals surface area contributed by atoms with Crippen LogP contribution in [0.15, 0.2) is 47.4 Å². The highest BCUT2D eigenvalue weighted by molar-refractivity contribution is 7.90. The van der Waals surface area contributed by atoms with Gasteiger partial charge in [0, 0.05) is 29.4 Å². The molecule has 1 aliphatic rings. The van der Waals surface area contributed by atoms with Gasteiger partial charge in [0.1, 0.15) is 12.3 Å². The molecular weight excluding hydrogens is 586 g/mol. The fourth-order valence-corrected chi connectivity index (χ4v) is 5.31. The summed E-state index contributed by atoms with van der Waals surface area (Å²) >= 11 is 0. The molecule has 1 fully saturated rings. The fourth-order valence-electron chi connectivity index (χ4n) is 4.67. The number of rotatable bonds is 8. The summed E-state index contributed by atoms with van der Waals surface area (Å²) in [6.45, 7) is -1.26. The van der Waals surface area contributed by atoms with Gasteiger partial charge in [-0.2, -0.15) is 26.3 Å². The molecule has 7 nitrogen and oxygen atoms in total. The number of hydrogen-bond donors (Lipinski definition) is 2. The number of fused-ring (bicyclic) bond motifs is 1. The normalized spacial score (nSPS) is 15.3. The third kappa shape index (κ3) is 8.48. The zero-order chi connectivity index (χ0) is 30.7. The largest absolute Gasteiger partial charge is 0.482 e. The SMILES string of the molecule is CN1CCC(Nc2cccc3c2cc(C#CCNc2ccc(S(C)(=O)=O)cc2OCC(F)(F)F)n3CC(F)(F)F)CC1. The number of ether oxygens (including phenoxy) is 1. The van der Waals surface area contributed by atoms with E-state index in [1.54, 1.807) is 18.2 Å². The van der Waals surface area contributed by atoms with Crippen LogP contribution in [-0.2, 0) is 16.4 Å². The van der Waals surface area contributed by atoms with Crippen LogP contribution in [0.5, 0.6) is 5.75 Å². The molecule has 14 heteroatoms. The number of alkyl halides is 6. The zero-order valence-corrected chi connectivity index (χ0v) is 23.7. The second kappa shape index (κ2) is 12.3. The van der Waals surface area contributed by atoms with E-state index in [0.29, 0.717) is 16.6 Å². The van der Waals surface area contributed by atoms with E-state index in [9.17, 15) is 34.8 Å². The van der Waals surface area contributed by atoms with Crippen LogP contribution in [0.3, 0.4) is 0 Å². The number of anilines is 2. The van der Waals surface area contributed by atoms with Crippen molar-refractivity contribution in [2.75, 3.05) is 50.2 Å². The molecule has 42 heavy (non-hydrogen) atoms. The van der Waals surface area contributed by atoms with E-state index in [1.807, 2.05) is 13.1 Å². The predicted octanol–water partition coefficient (Wildman–Crippen LogP) is 5.52. The molecule has 0 saturated carbocycles. The van der Waals surface area contributed by atoms with Crippen LogP contribution in [0, 0.1) is 11.8 Å². The standard InChI is InChI=1S/C28H30F6N4O3S/c1-37-13-10-19(11-14-37)36-23-6-3-7-25-22(23)15-20(38(25)17-27(29,30)31)5-4-12-35-24-9-8-21(42(2,39)40)16-26(24)41-18-28(32,33)34/h3,6-9,15-16,19,35-36H,10-14,17-18H2,1-2H3. The quantitative estimate of drug-likeness (QED) is 0.257. The Labute approximate surface area is 239 Å². The second-order valence-electron chi connectivity index (χ2n) is 10.2. The lowest BCUT2D eigenvalue weighted by atomic mass is 10.0. The van der Waals surface area contributed by atoms with Gasteiger partial charge in [0.05, 0.1) is 28.3 Å². The van der Waals surface area contributed by atoms with Gasteiger partial charge in [-0.25, -0.2) is 8.42 Å². The van der Waals surface area contributed by atoms with Gasteiger partial charge >= 0.3 is 12.4 Å². The van der Waals surface area contributed by atoms with Crippen LogP contribution in [-0.4, -0.2) is 75.8 Å². The van der Waals surface area contributed by atoms with Gasteiger partial charge < -0.3 is 24.8 Å². The van der Waals surface area contributed by atoms with Crippen molar-refractivity contribution >= 4 is 32.1 Å². The molecular formula is C28H30F6N4O3S. The molecule has 0 radical (unpaired) electrons. The molecule has 0 unspecified atom stereocenters. The Morgan fingerprint density at radius 3 is 2.36 bits per heavy atom. The van der Waals surface area contributed by atoms with E-state index in [1.165, 1.54) is 12.1 Å². The average molecular weight is 617 g/mol. The van der Waals surface area contributed by atoms with Gasteiger partial charge in [0.25, 0.3) is 0 Å². The van der Waals surface area contributed by atoms with Crippen molar-refractivity contribution in [1.82, 2.24) is 9.47 Å². The summed E-state index contributed by atoms with van der Waals surface area (Å²) < 4.78 is 108. The van der Waals surface area contributed by atoms with Gasteiger partial charge in [0.15, 0.2) is 16.4 Å². The minimum absolute atomic E-state index is 0.0430. The van der Waals surface area contributed by atoms with Crippen LogP contribution in [0.4, 0.5) is 37.7 Å². The molecule has 2 N–H and O–H groups in total. The molecule has 1 saturated heterocycles. The minimum Gasteiger partial charge on any atom is -0.482 e. The Morgan fingerprint density at radius 2 is 1.71 bits per heavy atom. The number of nitrogens with zero attached hydrogens (tertiary/aromatic N) is 2. The van der Waals surface area contributed by atoms with Gasteiger partial charge in [-0.15, -0.1) is 0 Å². The van der Waals surface area contributed by atoms with Gasteiger partial charge in [0.2, 0.25) is 0 Å². The third-order valence-corrected chi connectivity index (χ3v) is 7.83. The van der Waals surface area contributed by atoms with Crippen LogP contribution in [0.1, 0.15) is 18.5 Å². The minimum atomic E-state index is -4.66. The van der Waals surface area contributed by atoms with Crippen molar-refractivity contribution in [3.63, 3.8) is 0 Å². The average Bonchev–Trinajstić information content (AvgIpc) is 3.22. The first kappa shape index (κ1) is 31.4. The molecule has 1 aliphatic heterocycles. The molecule has 0 bridgehead atoms. The number of halogens is 6. The topological polar surface area (TPSA) is 75.6 Å². The van der Waals surface area contributed by atoms with E-state index in [2.05, 4.69) is 27.4 Å². The van der Waals surface area contributed by atoms with Crippen molar-refractivity contribution < 1.29 is 39.5 Å². The molecule has 0 atom stereocenters. The lowest BCUT2D eigenvalue weighted by molar-refractivity contribution is -0.153. The Morgan fingerprint density at radius 1 is 1.00 bits per heavy atom. The molecule has 4 rings (SSSR count). The van der Waals surface area contributed by atoms with E-state index in [4.69, 9.17) is 4.74 Å². The van der Waals surface area contributed by atoms with Crippen LogP contribution < -0.4 is 15.4 Å². The molecule has 0 spiro atoms. The third-order valence-electron chi connectivity index (χ3n) is 6.72. The van der Waals surface area contributed by atoms with Gasteiger partial charge in [-0.3, -0.25) is 0 Å². The molecule has 1 aromatic heterocycles. The van der Waals surface area contributed by atoms with Crippen LogP contribution in [0.2, 0.25) is 0 Å². The first-order valence-corrected chi connectivity index (χ1v) is 14.9. The highest BCUT2D eigenvalue weighted by Crippen LogP contribution is 2.32. The fraction of sp³-hybridized carbons (Fsp3) is 0.429. The lowest BCUT2D eigenvalue weighted by Gasteiger charge is -2.30. The summed E-state index contributed by atoms with van der Waals surface area (Å²) in [5.74, 6) is 5.11. The maximum absolute atomic E-state index is 13.5. The summed E-state index contributed by atoms with van der Waals surface area (Å²) in [7, 11) is -1.69. The van der Waals surface area contributed by atoms with E-state index in [0.717, 1.165) is 42.8 Å². The highest BCUT2D eigenvalue weighted by atomic mass is 32.2. The van der Waals surface area contributed by atoms with Gasteiger partial charge in [-0.1, -0.05) is 12.0 Å². The van der Waals surface area contributed by atoms with Crippen molar-refractivity contribution in [3.05, 3.63) is 48.2 Å². The van der Waals surface area contributed by atoms with Crippen molar-refractivity contribution in [2.24, 2.45) is 0 Å². The number of benzene rings is 2. The molecule has 2 heterocycles. The Bertz CT molecular complexity index is 1580. The molecule has 0 amide bonds. The zero-order valence-electron chi connectivity index (χ0n) is 22.9. The predicted molar refractivity (Wildman–Crippen MR) is 149 cm³/mol. The maximum Gasteiger partial charge on any atom is 0.422 e. The summed E-state index contributed by atoms with van der Waals surface area (Å²) in [6.07, 6.45) is -6.47. The first-order chi connectivity index (χ1) is 19.6. The number of aromatic nitrogens is 1. The summed E-state index contributed by atoms with van der Waals surface area (Å²) in [6, 6.07) is 10.3. The summed E-state index contributed by atoms with van der Waals surface area (Å²) in [5, 5.41) is 6.82. The van der Waals surface area contributed by atoms with E-state index >= 15 is 0 Å². The maximum atomic E-state index is 13.5. The lowest BCUT2D eigenvalue weighted by Crippen LogP contribution is -2.36. The van der Waals surface area contributed by atoms with Crippen molar-refractivity contribution in [3.8, 4) is 17.6 Å². The molecule has 3 aromatic rings. The Balaban J connectivity index is 1.59. The molecule has 0 aliphatic carbocycles. The number of likely N-dealkylation sites (tertiary alicyclic amines) is 1. The summed E-state index contributed by atoms with van der Waals surface area (Å²) in [4.78, 5) is 1.98. The van der Waals surface area contributed by atoms with Crippen LogP contribution in [0.25, 0.3) is 10.9 Å². The molecule has 228 valence electrons. The smallest absolute Gasteiger partial charge is 0.422 e. The van der Waals surface area contributed by atoms with Crippen molar-refractivity contribution in [1.29, 1.82) is 0 Å². The van der Waals surface area contributed by atoms with Crippen molar-refractivity contribution in [2.45, 2.75) is 42.7 Å². The first-order valence-electron chi connectivity index (χ1n) is 13.0. The number of nitrogens with one attached hydrogen (secondary N) is 2. The van der Waals surface area contributed by atoms with E-state index in [-0.39, 0.29) is 34.6 Å². The van der Waals surface area contributed by atoms with Gasteiger partial charge in [-0.05, 0) is 69.2 Å². The Hall–Kier alpha value is -3.57. The highest BCUT2D eigenvalue weighted by Gasteiger charge is 2.31. The Kier molecular flexibility index (Phi) is 9.22. The van der Waals surface area contributed by atoms with E-state index < -0.39 is 35.3 Å². The monoisotopic (exact) mass is 616 g/mol. The van der Waals surface area contributed by atoms with Crippen LogP contribution >= 0.6 is 0 Å². The number of hydrogen-bond acceptors (Lipinski definition) is 6. The summed E-state index contributed by atoms with van der Waals surface area (Å²) in [5.41, 5.74) is 1.23. The number of sulfone groups is 1. The molecule has 2 aromatic carbocycles. The second-order valence-corrected chi connectivity index (χ2v) is 12.2.